The Morgan fingerprint density at radius 1 is 1.14 bits per heavy atom. The highest BCUT2D eigenvalue weighted by molar-refractivity contribution is 6.43. The molecule has 0 bridgehead atoms. The van der Waals surface area contributed by atoms with Crippen molar-refractivity contribution >= 4 is 40.9 Å². The van der Waals surface area contributed by atoms with E-state index in [1.807, 2.05) is 11.8 Å². The van der Waals surface area contributed by atoms with Crippen molar-refractivity contribution in [3.8, 4) is 0 Å². The predicted octanol–water partition coefficient (Wildman–Crippen LogP) is 2.80. The summed E-state index contributed by atoms with van der Waals surface area (Å²) in [7, 11) is 0. The van der Waals surface area contributed by atoms with Crippen LogP contribution in [0.25, 0.3) is 0 Å². The highest BCUT2D eigenvalue weighted by Crippen LogP contribution is 2.32. The Kier molecular flexibility index (Phi) is 7.51. The van der Waals surface area contributed by atoms with Gasteiger partial charge in [-0.05, 0) is 38.3 Å². The molecule has 7 nitrogen and oxygen atoms in total. The van der Waals surface area contributed by atoms with Crippen LogP contribution < -0.4 is 5.32 Å². The van der Waals surface area contributed by atoms with Crippen molar-refractivity contribution in [2.75, 3.05) is 39.5 Å². The minimum atomic E-state index is -0.363. The van der Waals surface area contributed by atoms with Crippen LogP contribution in [0.15, 0.2) is 12.1 Å². The Morgan fingerprint density at radius 2 is 1.72 bits per heavy atom. The van der Waals surface area contributed by atoms with Crippen LogP contribution in [0.4, 0.5) is 0 Å². The van der Waals surface area contributed by atoms with Gasteiger partial charge in [0.25, 0.3) is 11.8 Å². The van der Waals surface area contributed by atoms with Crippen molar-refractivity contribution < 1.29 is 19.1 Å². The lowest BCUT2D eigenvalue weighted by Crippen LogP contribution is -2.46. The Hall–Kier alpha value is -1.67. The van der Waals surface area contributed by atoms with E-state index in [0.717, 1.165) is 6.42 Å². The number of rotatable bonds is 8. The number of amides is 3. The third-order valence-corrected chi connectivity index (χ3v) is 6.00. The average Bonchev–Trinajstić information content (AvgIpc) is 2.93. The van der Waals surface area contributed by atoms with Crippen LogP contribution in [-0.4, -0.2) is 67.0 Å². The molecule has 3 rings (SSSR count). The summed E-state index contributed by atoms with van der Waals surface area (Å²) in [4.78, 5) is 40.7. The topological polar surface area (TPSA) is 79.0 Å². The fourth-order valence-corrected chi connectivity index (χ4v) is 3.95. The molecule has 0 unspecified atom stereocenters. The number of likely N-dealkylation sites (tertiary alicyclic amines) is 1. The molecule has 158 valence electrons. The monoisotopic (exact) mass is 441 g/mol. The summed E-state index contributed by atoms with van der Waals surface area (Å²) in [6.07, 6.45) is 2.18. The lowest BCUT2D eigenvalue weighted by Gasteiger charge is -2.33. The molecule has 3 amide bonds. The zero-order chi connectivity index (χ0) is 21.0. The fourth-order valence-electron chi connectivity index (χ4n) is 3.62. The molecule has 1 aromatic carbocycles. The Bertz CT molecular complexity index is 753. The van der Waals surface area contributed by atoms with Crippen LogP contribution >= 0.6 is 23.2 Å². The number of imide groups is 1. The quantitative estimate of drug-likeness (QED) is 0.495. The average molecular weight is 442 g/mol. The zero-order valence-electron chi connectivity index (χ0n) is 16.4. The van der Waals surface area contributed by atoms with Gasteiger partial charge < -0.3 is 10.1 Å². The van der Waals surface area contributed by atoms with E-state index in [1.54, 1.807) is 0 Å². The second-order valence-electron chi connectivity index (χ2n) is 7.23. The number of nitrogens with zero attached hydrogens (tertiary/aromatic N) is 2. The first kappa shape index (κ1) is 22.0. The number of fused-ring (bicyclic) bond motifs is 1. The Labute approximate surface area is 180 Å². The van der Waals surface area contributed by atoms with Gasteiger partial charge in [-0.3, -0.25) is 24.2 Å². The van der Waals surface area contributed by atoms with Gasteiger partial charge in [-0.25, -0.2) is 0 Å². The summed E-state index contributed by atoms with van der Waals surface area (Å²) in [5, 5.41) is 3.46. The Morgan fingerprint density at radius 3 is 2.28 bits per heavy atom. The number of benzene rings is 1. The van der Waals surface area contributed by atoms with Gasteiger partial charge in [-0.1, -0.05) is 23.2 Å². The summed E-state index contributed by atoms with van der Waals surface area (Å²) in [5.74, 6) is -0.709. The van der Waals surface area contributed by atoms with Crippen molar-refractivity contribution in [2.24, 2.45) is 5.92 Å². The predicted molar refractivity (Wildman–Crippen MR) is 110 cm³/mol. The molecule has 0 saturated carbocycles. The van der Waals surface area contributed by atoms with Crippen LogP contribution in [0.5, 0.6) is 0 Å². The number of carbonyl (C=O) groups is 3. The maximum absolute atomic E-state index is 12.6. The minimum absolute atomic E-state index is 0.0434. The van der Waals surface area contributed by atoms with Gasteiger partial charge in [0.1, 0.15) is 0 Å². The van der Waals surface area contributed by atoms with Gasteiger partial charge in [0.2, 0.25) is 5.91 Å². The van der Waals surface area contributed by atoms with Gasteiger partial charge in [0.05, 0.1) is 27.8 Å². The molecular formula is C20H25Cl2N3O4. The van der Waals surface area contributed by atoms with E-state index in [-0.39, 0.29) is 51.5 Å². The number of ether oxygens (including phenoxy) is 1. The SMILES string of the molecule is CCOCCCNC(=O)C1CCN(CN2C(=O)c3cc(Cl)c(Cl)cc3C2=O)CC1. The van der Waals surface area contributed by atoms with Gasteiger partial charge in [-0.15, -0.1) is 0 Å². The summed E-state index contributed by atoms with van der Waals surface area (Å²) in [6, 6.07) is 2.89. The van der Waals surface area contributed by atoms with E-state index < -0.39 is 0 Å². The summed E-state index contributed by atoms with van der Waals surface area (Å²) in [5.41, 5.74) is 0.566. The third-order valence-electron chi connectivity index (χ3n) is 5.28. The highest BCUT2D eigenvalue weighted by atomic mass is 35.5. The van der Waals surface area contributed by atoms with Gasteiger partial charge in [0, 0.05) is 38.8 Å². The zero-order valence-corrected chi connectivity index (χ0v) is 17.9. The van der Waals surface area contributed by atoms with Crippen LogP contribution in [0.1, 0.15) is 46.9 Å². The molecule has 1 N–H and O–H groups in total. The number of nitrogens with one attached hydrogen (secondary N) is 1. The summed E-state index contributed by atoms with van der Waals surface area (Å²) < 4.78 is 5.26. The van der Waals surface area contributed by atoms with E-state index in [4.69, 9.17) is 27.9 Å². The molecule has 0 aliphatic carbocycles. The molecule has 0 aromatic heterocycles. The molecule has 1 aromatic rings. The molecule has 1 saturated heterocycles. The highest BCUT2D eigenvalue weighted by Gasteiger charge is 2.38. The summed E-state index contributed by atoms with van der Waals surface area (Å²) in [6.45, 7) is 5.37. The van der Waals surface area contributed by atoms with E-state index in [0.29, 0.717) is 45.7 Å². The first-order chi connectivity index (χ1) is 13.9. The number of hydrogen-bond acceptors (Lipinski definition) is 5. The molecular weight excluding hydrogens is 417 g/mol. The number of hydrogen-bond donors (Lipinski definition) is 1. The van der Waals surface area contributed by atoms with E-state index in [1.165, 1.54) is 17.0 Å². The number of piperidine rings is 1. The van der Waals surface area contributed by atoms with Crippen molar-refractivity contribution in [3.05, 3.63) is 33.3 Å². The smallest absolute Gasteiger partial charge is 0.262 e. The largest absolute Gasteiger partial charge is 0.382 e. The number of halogens is 2. The minimum Gasteiger partial charge on any atom is -0.382 e. The first-order valence-corrected chi connectivity index (χ1v) is 10.6. The molecule has 0 atom stereocenters. The molecule has 29 heavy (non-hydrogen) atoms. The van der Waals surface area contributed by atoms with Crippen molar-refractivity contribution in [3.63, 3.8) is 0 Å². The normalized spacial score (nSPS) is 17.7. The van der Waals surface area contributed by atoms with Gasteiger partial charge >= 0.3 is 0 Å². The number of carbonyl (C=O) groups excluding carboxylic acids is 3. The van der Waals surface area contributed by atoms with Crippen LogP contribution in [0, 0.1) is 5.92 Å². The van der Waals surface area contributed by atoms with E-state index >= 15 is 0 Å². The van der Waals surface area contributed by atoms with Crippen LogP contribution in [-0.2, 0) is 9.53 Å². The molecule has 1 fully saturated rings. The molecule has 0 radical (unpaired) electrons. The fraction of sp³-hybridized carbons (Fsp3) is 0.550. The standard InChI is InChI=1S/C20H25Cl2N3O4/c1-2-29-9-3-6-23-18(26)13-4-7-24(8-5-13)12-25-19(27)14-10-16(21)17(22)11-15(14)20(25)28/h10-11,13H,2-9,12H2,1H3,(H,23,26). The molecule has 2 heterocycles. The van der Waals surface area contributed by atoms with Gasteiger partial charge in [0.15, 0.2) is 0 Å². The van der Waals surface area contributed by atoms with E-state index in [9.17, 15) is 14.4 Å². The first-order valence-electron chi connectivity index (χ1n) is 9.85. The third kappa shape index (κ3) is 5.09. The lowest BCUT2D eigenvalue weighted by atomic mass is 9.96. The van der Waals surface area contributed by atoms with E-state index in [2.05, 4.69) is 5.32 Å². The Balaban J connectivity index is 1.48. The van der Waals surface area contributed by atoms with Crippen LogP contribution in [0.2, 0.25) is 10.0 Å². The maximum Gasteiger partial charge on any atom is 0.262 e. The van der Waals surface area contributed by atoms with Crippen molar-refractivity contribution in [2.45, 2.75) is 26.2 Å². The second kappa shape index (κ2) is 9.89. The molecule has 2 aliphatic heterocycles. The van der Waals surface area contributed by atoms with Crippen molar-refractivity contribution in [1.82, 2.24) is 15.1 Å². The van der Waals surface area contributed by atoms with Gasteiger partial charge in [-0.2, -0.15) is 0 Å². The molecule has 9 heteroatoms. The van der Waals surface area contributed by atoms with Crippen molar-refractivity contribution in [1.29, 1.82) is 0 Å². The molecule has 0 spiro atoms. The summed E-state index contributed by atoms with van der Waals surface area (Å²) >= 11 is 12.0. The molecule has 2 aliphatic rings. The van der Waals surface area contributed by atoms with Crippen LogP contribution in [0.3, 0.4) is 0 Å². The lowest BCUT2D eigenvalue weighted by molar-refractivity contribution is -0.126. The maximum atomic E-state index is 12.6. The second-order valence-corrected chi connectivity index (χ2v) is 8.04.